The molecule has 0 bridgehead atoms. The molecular formula is C21H29NO4. The summed E-state index contributed by atoms with van der Waals surface area (Å²) in [5, 5.41) is 9.13. The van der Waals surface area contributed by atoms with E-state index in [1.807, 2.05) is 20.8 Å². The first-order chi connectivity index (χ1) is 12.2. The highest BCUT2D eigenvalue weighted by Gasteiger charge is 2.48. The van der Waals surface area contributed by atoms with Gasteiger partial charge in [-0.2, -0.15) is 0 Å². The van der Waals surface area contributed by atoms with Crippen LogP contribution in [0.1, 0.15) is 57.6 Å². The highest BCUT2D eigenvalue weighted by molar-refractivity contribution is 5.68. The fraction of sp³-hybridized carbons (Fsp3) is 0.619. The van der Waals surface area contributed by atoms with Crippen LogP contribution < -0.4 is 0 Å². The average Bonchev–Trinajstić information content (AvgIpc) is 2.86. The molecule has 1 atom stereocenters. The van der Waals surface area contributed by atoms with Crippen LogP contribution in [0.3, 0.4) is 0 Å². The van der Waals surface area contributed by atoms with E-state index in [9.17, 15) is 9.59 Å². The van der Waals surface area contributed by atoms with Crippen molar-refractivity contribution in [3.63, 3.8) is 0 Å². The van der Waals surface area contributed by atoms with Crippen molar-refractivity contribution in [2.75, 3.05) is 13.1 Å². The van der Waals surface area contributed by atoms with Gasteiger partial charge >= 0.3 is 12.1 Å². The summed E-state index contributed by atoms with van der Waals surface area (Å²) in [5.41, 5.74) is 2.20. The van der Waals surface area contributed by atoms with Crippen LogP contribution in [0, 0.1) is 5.92 Å². The number of rotatable bonds is 3. The van der Waals surface area contributed by atoms with Crippen molar-refractivity contribution in [3.8, 4) is 0 Å². The molecule has 0 aromatic heterocycles. The SMILES string of the molecule is CC(C)(C)OC(=O)N1CCC2(CC1)c1ccccc1CC2CCC(=O)O. The predicted molar refractivity (Wildman–Crippen MR) is 99.2 cm³/mol. The van der Waals surface area contributed by atoms with E-state index in [0.29, 0.717) is 25.4 Å². The molecule has 1 saturated heterocycles. The highest BCUT2D eigenvalue weighted by atomic mass is 16.6. The van der Waals surface area contributed by atoms with Crippen molar-refractivity contribution in [1.29, 1.82) is 0 Å². The van der Waals surface area contributed by atoms with Gasteiger partial charge < -0.3 is 14.7 Å². The molecule has 1 N–H and O–H groups in total. The van der Waals surface area contributed by atoms with Gasteiger partial charge in [0.1, 0.15) is 5.60 Å². The largest absolute Gasteiger partial charge is 0.481 e. The zero-order valence-corrected chi connectivity index (χ0v) is 16.0. The Bertz CT molecular complexity index is 683. The first kappa shape index (κ1) is 18.7. The van der Waals surface area contributed by atoms with Crippen LogP contribution in [-0.2, 0) is 21.4 Å². The van der Waals surface area contributed by atoms with E-state index in [1.54, 1.807) is 4.90 Å². The molecule has 0 saturated carbocycles. The number of carbonyl (C=O) groups is 2. The topological polar surface area (TPSA) is 66.8 Å². The molecule has 1 spiro atoms. The van der Waals surface area contributed by atoms with Crippen LogP contribution in [0.15, 0.2) is 24.3 Å². The summed E-state index contributed by atoms with van der Waals surface area (Å²) < 4.78 is 5.51. The number of amides is 1. The number of hydrogen-bond acceptors (Lipinski definition) is 3. The molecular weight excluding hydrogens is 330 g/mol. The normalized spacial score (nSPS) is 21.5. The van der Waals surface area contributed by atoms with E-state index in [4.69, 9.17) is 9.84 Å². The van der Waals surface area contributed by atoms with Crippen molar-refractivity contribution in [1.82, 2.24) is 4.90 Å². The fourth-order valence-corrected chi connectivity index (χ4v) is 4.63. The Morgan fingerprint density at radius 1 is 1.23 bits per heavy atom. The molecule has 1 unspecified atom stereocenters. The fourth-order valence-electron chi connectivity index (χ4n) is 4.63. The molecule has 1 aromatic carbocycles. The summed E-state index contributed by atoms with van der Waals surface area (Å²) >= 11 is 0. The third kappa shape index (κ3) is 3.71. The van der Waals surface area contributed by atoms with Gasteiger partial charge in [0.2, 0.25) is 0 Å². The third-order valence-corrected chi connectivity index (χ3v) is 5.82. The van der Waals surface area contributed by atoms with E-state index in [1.165, 1.54) is 11.1 Å². The van der Waals surface area contributed by atoms with Crippen LogP contribution in [0.2, 0.25) is 0 Å². The quantitative estimate of drug-likeness (QED) is 0.886. The lowest BCUT2D eigenvalue weighted by Gasteiger charge is -2.44. The average molecular weight is 359 g/mol. The number of carboxylic acid groups (broad SMARTS) is 1. The maximum absolute atomic E-state index is 12.4. The first-order valence-corrected chi connectivity index (χ1v) is 9.49. The zero-order chi connectivity index (χ0) is 18.9. The molecule has 2 aliphatic rings. The molecule has 1 heterocycles. The molecule has 1 aliphatic heterocycles. The van der Waals surface area contributed by atoms with Crippen LogP contribution in [-0.4, -0.2) is 40.8 Å². The van der Waals surface area contributed by atoms with Gasteiger partial charge in [-0.3, -0.25) is 4.79 Å². The van der Waals surface area contributed by atoms with E-state index in [-0.39, 0.29) is 17.9 Å². The minimum Gasteiger partial charge on any atom is -0.481 e. The molecule has 5 nitrogen and oxygen atoms in total. The molecule has 1 aromatic rings. The molecule has 142 valence electrons. The predicted octanol–water partition coefficient (Wildman–Crippen LogP) is 3.99. The number of nitrogens with zero attached hydrogens (tertiary/aromatic N) is 1. The molecule has 26 heavy (non-hydrogen) atoms. The number of fused-ring (bicyclic) bond motifs is 2. The number of ether oxygens (including phenoxy) is 1. The number of carbonyl (C=O) groups excluding carboxylic acids is 1. The minimum absolute atomic E-state index is 0.00937. The number of aliphatic carboxylic acids is 1. The smallest absolute Gasteiger partial charge is 0.410 e. The van der Waals surface area contributed by atoms with Crippen LogP contribution in [0.5, 0.6) is 0 Å². The number of carboxylic acids is 1. The van der Waals surface area contributed by atoms with Crippen LogP contribution in [0.4, 0.5) is 4.79 Å². The van der Waals surface area contributed by atoms with Crippen molar-refractivity contribution in [3.05, 3.63) is 35.4 Å². The van der Waals surface area contributed by atoms with Crippen LogP contribution >= 0.6 is 0 Å². The summed E-state index contributed by atoms with van der Waals surface area (Å²) in [6.45, 7) is 6.96. The van der Waals surface area contributed by atoms with E-state index < -0.39 is 11.6 Å². The Kier molecular flexibility index (Phi) is 5.00. The minimum atomic E-state index is -0.734. The van der Waals surface area contributed by atoms with Crippen molar-refractivity contribution in [2.24, 2.45) is 5.92 Å². The molecule has 1 amide bonds. The Morgan fingerprint density at radius 2 is 1.88 bits per heavy atom. The summed E-state index contributed by atoms with van der Waals surface area (Å²) in [6, 6.07) is 8.49. The van der Waals surface area contributed by atoms with Gasteiger partial charge in [-0.15, -0.1) is 0 Å². The molecule has 3 rings (SSSR count). The number of hydrogen-bond donors (Lipinski definition) is 1. The Hall–Kier alpha value is -2.04. The van der Waals surface area contributed by atoms with Gasteiger partial charge in [-0.1, -0.05) is 24.3 Å². The maximum atomic E-state index is 12.4. The van der Waals surface area contributed by atoms with E-state index in [2.05, 4.69) is 24.3 Å². The van der Waals surface area contributed by atoms with Crippen molar-refractivity contribution < 1.29 is 19.4 Å². The van der Waals surface area contributed by atoms with Crippen molar-refractivity contribution in [2.45, 2.75) is 63.9 Å². The zero-order valence-electron chi connectivity index (χ0n) is 16.0. The van der Waals surface area contributed by atoms with Gasteiger partial charge in [-0.25, -0.2) is 4.79 Å². The maximum Gasteiger partial charge on any atom is 0.410 e. The number of piperidine rings is 1. The monoisotopic (exact) mass is 359 g/mol. The number of benzene rings is 1. The second-order valence-electron chi connectivity index (χ2n) is 8.61. The first-order valence-electron chi connectivity index (χ1n) is 9.49. The van der Waals surface area contributed by atoms with Gasteiger partial charge in [-0.05, 0) is 63.5 Å². The summed E-state index contributed by atoms with van der Waals surface area (Å²) in [5.74, 6) is -0.404. The molecule has 5 heteroatoms. The van der Waals surface area contributed by atoms with Gasteiger partial charge in [0.05, 0.1) is 0 Å². The summed E-state index contributed by atoms with van der Waals surface area (Å²) in [4.78, 5) is 25.3. The highest BCUT2D eigenvalue weighted by Crippen LogP contribution is 2.51. The number of likely N-dealkylation sites (tertiary alicyclic amines) is 1. The molecule has 1 fully saturated rings. The van der Waals surface area contributed by atoms with E-state index >= 15 is 0 Å². The Morgan fingerprint density at radius 3 is 2.50 bits per heavy atom. The summed E-state index contributed by atoms with van der Waals surface area (Å²) in [7, 11) is 0. The van der Waals surface area contributed by atoms with Crippen LogP contribution in [0.25, 0.3) is 0 Å². The Labute approximate surface area is 155 Å². The second kappa shape index (κ2) is 6.93. The lowest BCUT2D eigenvalue weighted by atomic mass is 9.67. The van der Waals surface area contributed by atoms with Gasteiger partial charge in [0.25, 0.3) is 0 Å². The molecule has 0 radical (unpaired) electrons. The van der Waals surface area contributed by atoms with Gasteiger partial charge in [0, 0.05) is 24.9 Å². The van der Waals surface area contributed by atoms with E-state index in [0.717, 1.165) is 19.3 Å². The summed E-state index contributed by atoms with van der Waals surface area (Å²) in [6.07, 6.45) is 3.32. The molecule has 1 aliphatic carbocycles. The lowest BCUT2D eigenvalue weighted by Crippen LogP contribution is -2.48. The standard InChI is InChI=1S/C21H29NO4/c1-20(2,3)26-19(25)22-12-10-21(11-13-22)16(8-9-18(23)24)14-15-6-4-5-7-17(15)21/h4-7,16H,8-14H2,1-3H3,(H,23,24). The second-order valence-corrected chi connectivity index (χ2v) is 8.61. The lowest BCUT2D eigenvalue weighted by molar-refractivity contribution is -0.137. The Balaban J connectivity index is 1.76. The van der Waals surface area contributed by atoms with Crippen molar-refractivity contribution >= 4 is 12.1 Å². The third-order valence-electron chi connectivity index (χ3n) is 5.82. The van der Waals surface area contributed by atoms with Gasteiger partial charge in [0.15, 0.2) is 0 Å².